The molecular weight excluding hydrogens is 236 g/mol. The Balaban J connectivity index is 0.000000360. The van der Waals surface area contributed by atoms with Gasteiger partial charge in [0.2, 0.25) is 0 Å². The molecule has 1 rings (SSSR count). The van der Waals surface area contributed by atoms with Gasteiger partial charge in [0.1, 0.15) is 5.60 Å². The minimum Gasteiger partial charge on any atom is -0.462 e. The van der Waals surface area contributed by atoms with E-state index in [9.17, 15) is 9.59 Å². The van der Waals surface area contributed by atoms with Gasteiger partial charge in [-0.3, -0.25) is 4.79 Å². The standard InChI is InChI=1S/C7H14N2O2.C5H10O2/c1-6-5-8-3-4-9(6)7(10)11-2;1-5(2,3)7-4-6/h6,8H,3-5H2,1-2H3;4H,1-3H3. The molecule has 6 nitrogen and oxygen atoms in total. The van der Waals surface area contributed by atoms with Crippen LogP contribution in [0.1, 0.15) is 27.7 Å². The van der Waals surface area contributed by atoms with Crippen LogP contribution >= 0.6 is 0 Å². The molecule has 0 spiro atoms. The average Bonchev–Trinajstić information content (AvgIpc) is 2.28. The van der Waals surface area contributed by atoms with Crippen molar-refractivity contribution in [3.8, 4) is 0 Å². The Kier molecular flexibility index (Phi) is 7.35. The minimum absolute atomic E-state index is 0.223. The van der Waals surface area contributed by atoms with E-state index in [1.807, 2.05) is 27.7 Å². The quantitative estimate of drug-likeness (QED) is 0.712. The van der Waals surface area contributed by atoms with Crippen LogP contribution in [0.25, 0.3) is 0 Å². The molecule has 0 aliphatic carbocycles. The summed E-state index contributed by atoms with van der Waals surface area (Å²) >= 11 is 0. The summed E-state index contributed by atoms with van der Waals surface area (Å²) in [6, 6.07) is 0.246. The molecule has 1 unspecified atom stereocenters. The fourth-order valence-corrected chi connectivity index (χ4v) is 1.37. The third kappa shape index (κ3) is 7.11. The van der Waals surface area contributed by atoms with Crippen molar-refractivity contribution in [1.29, 1.82) is 0 Å². The molecule has 1 amide bonds. The van der Waals surface area contributed by atoms with Crippen LogP contribution in [0, 0.1) is 0 Å². The van der Waals surface area contributed by atoms with Crippen LogP contribution < -0.4 is 5.32 Å². The maximum Gasteiger partial charge on any atom is 0.409 e. The number of hydrogen-bond acceptors (Lipinski definition) is 5. The van der Waals surface area contributed by atoms with Crippen LogP contribution in [-0.2, 0) is 14.3 Å². The first-order chi connectivity index (χ1) is 8.31. The Morgan fingerprint density at radius 2 is 2.06 bits per heavy atom. The largest absolute Gasteiger partial charge is 0.462 e. The van der Waals surface area contributed by atoms with E-state index >= 15 is 0 Å². The third-order valence-electron chi connectivity index (χ3n) is 2.31. The number of nitrogens with zero attached hydrogens (tertiary/aromatic N) is 1. The second kappa shape index (κ2) is 7.92. The van der Waals surface area contributed by atoms with E-state index in [1.54, 1.807) is 4.90 Å². The van der Waals surface area contributed by atoms with Crippen molar-refractivity contribution in [2.45, 2.75) is 39.3 Å². The number of amides is 1. The van der Waals surface area contributed by atoms with E-state index in [1.165, 1.54) is 7.11 Å². The summed E-state index contributed by atoms with van der Waals surface area (Å²) in [6.45, 7) is 10.4. The van der Waals surface area contributed by atoms with Gasteiger partial charge in [-0.15, -0.1) is 0 Å². The summed E-state index contributed by atoms with van der Waals surface area (Å²) in [7, 11) is 1.41. The maximum atomic E-state index is 11.1. The van der Waals surface area contributed by atoms with Gasteiger partial charge >= 0.3 is 6.09 Å². The van der Waals surface area contributed by atoms with E-state index in [0.717, 1.165) is 19.6 Å². The summed E-state index contributed by atoms with van der Waals surface area (Å²) in [4.78, 5) is 22.4. The zero-order valence-electron chi connectivity index (χ0n) is 11.9. The van der Waals surface area contributed by atoms with Gasteiger partial charge in [-0.1, -0.05) is 0 Å². The first-order valence-electron chi connectivity index (χ1n) is 5.98. The van der Waals surface area contributed by atoms with Crippen LogP contribution in [-0.4, -0.2) is 55.9 Å². The predicted molar refractivity (Wildman–Crippen MR) is 68.3 cm³/mol. The van der Waals surface area contributed by atoms with Gasteiger partial charge in [-0.05, 0) is 27.7 Å². The number of rotatable bonds is 1. The molecule has 0 aromatic rings. The van der Waals surface area contributed by atoms with E-state index in [-0.39, 0.29) is 17.7 Å². The van der Waals surface area contributed by atoms with Crippen molar-refractivity contribution in [2.24, 2.45) is 0 Å². The maximum absolute atomic E-state index is 11.1. The molecule has 1 aliphatic rings. The van der Waals surface area contributed by atoms with Crippen molar-refractivity contribution in [3.63, 3.8) is 0 Å². The first kappa shape index (κ1) is 16.7. The second-order valence-corrected chi connectivity index (χ2v) is 5.04. The molecule has 106 valence electrons. The highest BCUT2D eigenvalue weighted by molar-refractivity contribution is 5.67. The highest BCUT2D eigenvalue weighted by atomic mass is 16.5. The van der Waals surface area contributed by atoms with Gasteiger partial charge in [0.15, 0.2) is 0 Å². The normalized spacial score (nSPS) is 19.4. The number of piperazine rings is 1. The zero-order valence-corrected chi connectivity index (χ0v) is 11.9. The van der Waals surface area contributed by atoms with Gasteiger partial charge in [0, 0.05) is 25.7 Å². The van der Waals surface area contributed by atoms with Crippen LogP contribution in [0.4, 0.5) is 4.79 Å². The average molecular weight is 260 g/mol. The molecule has 1 saturated heterocycles. The lowest BCUT2D eigenvalue weighted by Crippen LogP contribution is -2.52. The Hall–Kier alpha value is -1.30. The number of hydrogen-bond donors (Lipinski definition) is 1. The number of nitrogens with one attached hydrogen (secondary N) is 1. The van der Waals surface area contributed by atoms with Gasteiger partial charge in [0.25, 0.3) is 6.47 Å². The molecular formula is C12H24N2O4. The smallest absolute Gasteiger partial charge is 0.409 e. The first-order valence-corrected chi connectivity index (χ1v) is 5.98. The molecule has 0 saturated carbocycles. The fraction of sp³-hybridized carbons (Fsp3) is 0.833. The monoisotopic (exact) mass is 260 g/mol. The Morgan fingerprint density at radius 1 is 1.44 bits per heavy atom. The Morgan fingerprint density at radius 3 is 2.39 bits per heavy atom. The Bertz CT molecular complexity index is 263. The Labute approximate surface area is 109 Å². The van der Waals surface area contributed by atoms with E-state index in [2.05, 4.69) is 14.8 Å². The minimum atomic E-state index is -0.318. The number of ether oxygens (including phenoxy) is 2. The molecule has 1 atom stereocenters. The van der Waals surface area contributed by atoms with Gasteiger partial charge in [-0.25, -0.2) is 4.79 Å². The number of carbonyl (C=O) groups excluding carboxylic acids is 2. The second-order valence-electron chi connectivity index (χ2n) is 5.04. The molecule has 1 heterocycles. The molecule has 6 heteroatoms. The van der Waals surface area contributed by atoms with Crippen molar-refractivity contribution in [1.82, 2.24) is 10.2 Å². The van der Waals surface area contributed by atoms with Gasteiger partial charge in [0.05, 0.1) is 7.11 Å². The topological polar surface area (TPSA) is 67.9 Å². The summed E-state index contributed by atoms with van der Waals surface area (Å²) in [5.41, 5.74) is -0.318. The molecule has 1 fully saturated rings. The summed E-state index contributed by atoms with van der Waals surface area (Å²) in [6.07, 6.45) is -0.223. The van der Waals surface area contributed by atoms with E-state index in [0.29, 0.717) is 6.47 Å². The lowest BCUT2D eigenvalue weighted by molar-refractivity contribution is -0.138. The lowest BCUT2D eigenvalue weighted by Gasteiger charge is -2.32. The molecule has 0 aromatic heterocycles. The van der Waals surface area contributed by atoms with Crippen LogP contribution in [0.2, 0.25) is 0 Å². The van der Waals surface area contributed by atoms with E-state index < -0.39 is 0 Å². The highest BCUT2D eigenvalue weighted by Crippen LogP contribution is 2.03. The van der Waals surface area contributed by atoms with Crippen LogP contribution in [0.3, 0.4) is 0 Å². The predicted octanol–water partition coefficient (Wildman–Crippen LogP) is 1.00. The van der Waals surface area contributed by atoms with Gasteiger partial charge in [-0.2, -0.15) is 0 Å². The van der Waals surface area contributed by atoms with E-state index in [4.69, 9.17) is 0 Å². The highest BCUT2D eigenvalue weighted by Gasteiger charge is 2.22. The summed E-state index contributed by atoms with van der Waals surface area (Å²) in [5.74, 6) is 0. The molecule has 0 aromatic carbocycles. The van der Waals surface area contributed by atoms with Crippen LogP contribution in [0.5, 0.6) is 0 Å². The van der Waals surface area contributed by atoms with Crippen molar-refractivity contribution in [3.05, 3.63) is 0 Å². The molecule has 0 radical (unpaired) electrons. The van der Waals surface area contributed by atoms with Crippen molar-refractivity contribution < 1.29 is 19.1 Å². The molecule has 0 bridgehead atoms. The van der Waals surface area contributed by atoms with Crippen molar-refractivity contribution in [2.75, 3.05) is 26.7 Å². The van der Waals surface area contributed by atoms with Crippen molar-refractivity contribution >= 4 is 12.6 Å². The summed E-state index contributed by atoms with van der Waals surface area (Å²) < 4.78 is 9.17. The number of methoxy groups -OCH3 is 1. The number of carbonyl (C=O) groups is 2. The van der Waals surface area contributed by atoms with Crippen LogP contribution in [0.15, 0.2) is 0 Å². The van der Waals surface area contributed by atoms with Gasteiger partial charge < -0.3 is 19.7 Å². The zero-order chi connectivity index (χ0) is 14.2. The molecule has 1 N–H and O–H groups in total. The fourth-order valence-electron chi connectivity index (χ4n) is 1.37. The molecule has 1 aliphatic heterocycles. The SMILES string of the molecule is CC(C)(C)OC=O.COC(=O)N1CCNCC1C. The molecule has 18 heavy (non-hydrogen) atoms. The summed E-state index contributed by atoms with van der Waals surface area (Å²) in [5, 5.41) is 3.19. The lowest BCUT2D eigenvalue weighted by atomic mass is 10.2. The third-order valence-corrected chi connectivity index (χ3v) is 2.31.